The van der Waals surface area contributed by atoms with E-state index in [2.05, 4.69) is 10.6 Å². The van der Waals surface area contributed by atoms with Crippen LogP contribution in [0.1, 0.15) is 25.5 Å². The Hall–Kier alpha value is -2.27. The first-order valence-corrected chi connectivity index (χ1v) is 13.5. The normalized spacial score (nSPS) is 17.9. The van der Waals surface area contributed by atoms with Gasteiger partial charge in [0, 0.05) is 85.5 Å². The molecule has 0 saturated carbocycles. The van der Waals surface area contributed by atoms with Crippen LogP contribution in [0, 0.1) is 39.9 Å². The van der Waals surface area contributed by atoms with Crippen molar-refractivity contribution >= 4 is 29.7 Å². The molecule has 1 heterocycles. The fraction of sp³-hybridized carbons (Fsp3) is 0.593. The van der Waals surface area contributed by atoms with Crippen molar-refractivity contribution in [2.75, 3.05) is 78.5 Å². The van der Waals surface area contributed by atoms with Crippen molar-refractivity contribution in [1.29, 1.82) is 0 Å². The minimum absolute atomic E-state index is 0. The van der Waals surface area contributed by atoms with E-state index >= 15 is 0 Å². The van der Waals surface area contributed by atoms with Gasteiger partial charge in [-0.05, 0) is 12.5 Å². The van der Waals surface area contributed by atoms with Crippen LogP contribution in [0.2, 0.25) is 0 Å². The number of amides is 2. The maximum absolute atomic E-state index is 13.3. The molecule has 1 aromatic carbocycles. The van der Waals surface area contributed by atoms with Crippen molar-refractivity contribution < 1.29 is 79.2 Å². The fourth-order valence-electron chi connectivity index (χ4n) is 4.62. The predicted molar refractivity (Wildman–Crippen MR) is 141 cm³/mol. The molecule has 1 aromatic rings. The van der Waals surface area contributed by atoms with E-state index < -0.39 is 35.8 Å². The van der Waals surface area contributed by atoms with Crippen LogP contribution < -0.4 is 26.0 Å². The van der Waals surface area contributed by atoms with Crippen molar-refractivity contribution in [3.05, 3.63) is 35.9 Å². The van der Waals surface area contributed by atoms with Gasteiger partial charge < -0.3 is 40.3 Å². The van der Waals surface area contributed by atoms with Gasteiger partial charge >= 0.3 is 39.9 Å². The maximum atomic E-state index is 13.3. The van der Waals surface area contributed by atoms with Crippen LogP contribution in [0.5, 0.6) is 0 Å². The number of hydrogen-bond acceptors (Lipinski definition) is 12. The molecule has 42 heavy (non-hydrogen) atoms. The summed E-state index contributed by atoms with van der Waals surface area (Å²) < 4.78 is 0. The number of hydrogen-bond donors (Lipinski definition) is 2. The van der Waals surface area contributed by atoms with Crippen molar-refractivity contribution in [1.82, 2.24) is 30.2 Å². The van der Waals surface area contributed by atoms with Crippen molar-refractivity contribution in [3.8, 4) is 0 Å². The molecular weight excluding hydrogens is 694 g/mol. The third-order valence-electron chi connectivity index (χ3n) is 6.78. The summed E-state index contributed by atoms with van der Waals surface area (Å²) in [5.74, 6) is -4.69. The Kier molecular flexibility index (Phi) is 17.8. The molecule has 1 aliphatic rings. The van der Waals surface area contributed by atoms with E-state index in [-0.39, 0.29) is 125 Å². The molecule has 233 valence electrons. The first kappa shape index (κ1) is 37.8. The summed E-state index contributed by atoms with van der Waals surface area (Å²) in [6.07, 6.45) is 0. The quantitative estimate of drug-likeness (QED) is 0.208. The molecule has 0 spiro atoms. The van der Waals surface area contributed by atoms with Gasteiger partial charge in [-0.15, -0.1) is 0 Å². The number of carbonyl (C=O) groups is 5. The van der Waals surface area contributed by atoms with E-state index in [1.807, 2.05) is 42.2 Å². The molecule has 1 saturated heterocycles. The van der Waals surface area contributed by atoms with Crippen LogP contribution in [0.4, 0.5) is 0 Å². The van der Waals surface area contributed by atoms with Gasteiger partial charge in [0.25, 0.3) is 0 Å². The van der Waals surface area contributed by atoms with Crippen LogP contribution in [0.25, 0.3) is 0 Å². The molecule has 1 aliphatic heterocycles. The van der Waals surface area contributed by atoms with Crippen LogP contribution >= 0.6 is 0 Å². The molecule has 2 amide bonds. The smallest absolute Gasteiger partial charge is 0.549 e. The van der Waals surface area contributed by atoms with Crippen molar-refractivity contribution in [2.45, 2.75) is 25.9 Å². The summed E-state index contributed by atoms with van der Waals surface area (Å²) in [4.78, 5) is 65.9. The number of carbonyl (C=O) groups excluding carboxylic acids is 5. The Morgan fingerprint density at radius 2 is 1.07 bits per heavy atom. The maximum Gasteiger partial charge on any atom is 3.00 e. The van der Waals surface area contributed by atoms with Crippen LogP contribution in [-0.2, 0) is 24.0 Å². The second-order valence-electron chi connectivity index (χ2n) is 10.1. The molecule has 1 fully saturated rings. The standard InChI is InChI=1S/C27H42N6O8.Gd/c1-20(22-6-4-3-5-7-22)28-27(41)23(29-21(2)34)16-30-8-10-31(17-24(35)36)12-14-33(19-26(39)40)15-13-32(11-9-30)18-25(37)38;/h3-7,20,23H,8-19H2,1-2H3,(H,28,41)(H,29,34)(H,35,36)(H,37,38)(H,39,40);/q;+3/p-3/t20-,23?;/m0./s1. The third kappa shape index (κ3) is 15.3. The minimum atomic E-state index is -1.30. The van der Waals surface area contributed by atoms with E-state index in [9.17, 15) is 39.3 Å². The van der Waals surface area contributed by atoms with Crippen molar-refractivity contribution in [2.24, 2.45) is 0 Å². The van der Waals surface area contributed by atoms with Gasteiger partial charge in [-0.1, -0.05) is 30.3 Å². The second kappa shape index (κ2) is 19.8. The van der Waals surface area contributed by atoms with Gasteiger partial charge in [0.1, 0.15) is 6.04 Å². The zero-order valence-electron chi connectivity index (χ0n) is 23.9. The van der Waals surface area contributed by atoms with Gasteiger partial charge in [0.15, 0.2) is 0 Å². The summed E-state index contributed by atoms with van der Waals surface area (Å²) >= 11 is 0. The molecular formula is C27H39GdN6O8. The second-order valence-corrected chi connectivity index (χ2v) is 10.1. The van der Waals surface area contributed by atoms with Crippen LogP contribution in [0.15, 0.2) is 30.3 Å². The van der Waals surface area contributed by atoms with E-state index in [0.29, 0.717) is 0 Å². The van der Waals surface area contributed by atoms with Gasteiger partial charge in [0.2, 0.25) is 11.8 Å². The SMILES string of the molecule is CC(=O)NC(CN1CCN(CC(=O)[O-])CCN(CC(=O)[O-])CCN(CC(=O)[O-])CC1)C(=O)N[C@@H](C)c1ccccc1.[Gd+3]. The number of carboxylic acids is 3. The van der Waals surface area contributed by atoms with Crippen LogP contribution in [-0.4, -0.2) is 134 Å². The Bertz CT molecular complexity index is 1000. The summed E-state index contributed by atoms with van der Waals surface area (Å²) in [6.45, 7) is 3.93. The molecule has 2 atom stereocenters. The number of carboxylic acid groups (broad SMARTS) is 3. The molecule has 2 N–H and O–H groups in total. The average molecular weight is 733 g/mol. The monoisotopic (exact) mass is 733 g/mol. The number of rotatable bonds is 12. The van der Waals surface area contributed by atoms with E-state index in [1.165, 1.54) is 6.92 Å². The Labute approximate surface area is 278 Å². The molecule has 1 radical (unpaired) electrons. The summed E-state index contributed by atoms with van der Waals surface area (Å²) in [5, 5.41) is 39.6. The number of aliphatic carboxylic acids is 3. The average Bonchev–Trinajstić information content (AvgIpc) is 2.88. The van der Waals surface area contributed by atoms with E-state index in [4.69, 9.17) is 0 Å². The molecule has 15 heteroatoms. The number of nitrogens with zero attached hydrogens (tertiary/aromatic N) is 4. The third-order valence-corrected chi connectivity index (χ3v) is 6.78. The first-order valence-electron chi connectivity index (χ1n) is 13.5. The molecule has 0 bridgehead atoms. The minimum Gasteiger partial charge on any atom is -0.549 e. The Morgan fingerprint density at radius 1 is 0.690 bits per heavy atom. The number of benzene rings is 1. The predicted octanol–water partition coefficient (Wildman–Crippen LogP) is -5.16. The zero-order valence-corrected chi connectivity index (χ0v) is 26.2. The van der Waals surface area contributed by atoms with Gasteiger partial charge in [-0.2, -0.15) is 0 Å². The Balaban J connectivity index is 0.00000882. The van der Waals surface area contributed by atoms with E-state index in [0.717, 1.165) is 5.56 Å². The first-order chi connectivity index (χ1) is 19.4. The van der Waals surface area contributed by atoms with Gasteiger partial charge in [-0.25, -0.2) is 0 Å². The fourth-order valence-corrected chi connectivity index (χ4v) is 4.62. The Morgan fingerprint density at radius 3 is 1.43 bits per heavy atom. The summed E-state index contributed by atoms with van der Waals surface area (Å²) in [6, 6.07) is 8.06. The topological polar surface area (TPSA) is 192 Å². The summed E-state index contributed by atoms with van der Waals surface area (Å²) in [5.41, 5.74) is 0.886. The van der Waals surface area contributed by atoms with E-state index in [1.54, 1.807) is 14.7 Å². The molecule has 1 unspecified atom stereocenters. The molecule has 14 nitrogen and oxygen atoms in total. The van der Waals surface area contributed by atoms with Crippen LogP contribution in [0.3, 0.4) is 0 Å². The van der Waals surface area contributed by atoms with Crippen molar-refractivity contribution in [3.63, 3.8) is 0 Å². The van der Waals surface area contributed by atoms with Gasteiger partial charge in [-0.3, -0.25) is 29.2 Å². The largest absolute Gasteiger partial charge is 3.00 e. The number of nitrogens with one attached hydrogen (secondary N) is 2. The van der Waals surface area contributed by atoms with Gasteiger partial charge in [0.05, 0.1) is 23.9 Å². The zero-order chi connectivity index (χ0) is 30.4. The molecule has 2 rings (SSSR count). The molecule has 0 aromatic heterocycles. The molecule has 0 aliphatic carbocycles. The summed E-state index contributed by atoms with van der Waals surface area (Å²) in [7, 11) is 0.